The van der Waals surface area contributed by atoms with Crippen molar-refractivity contribution in [1.29, 1.82) is 0 Å². The molecule has 0 saturated heterocycles. The molecule has 116 valence electrons. The molecule has 3 rings (SSSR count). The first-order valence-electron chi connectivity index (χ1n) is 7.31. The highest BCUT2D eigenvalue weighted by atomic mass is 16.1. The number of nitrogens with one attached hydrogen (secondary N) is 2. The van der Waals surface area contributed by atoms with Crippen LogP contribution in [0.15, 0.2) is 71.8 Å². The Hall–Kier alpha value is -2.99. The quantitative estimate of drug-likeness (QED) is 0.680. The minimum atomic E-state index is -0.340. The molecule has 6 heteroatoms. The van der Waals surface area contributed by atoms with Crippen LogP contribution in [0.5, 0.6) is 0 Å². The first-order chi connectivity index (χ1) is 11.3. The number of hydrogen-bond acceptors (Lipinski definition) is 5. The van der Waals surface area contributed by atoms with Crippen molar-refractivity contribution < 1.29 is 0 Å². The summed E-state index contributed by atoms with van der Waals surface area (Å²) in [6, 6.07) is 19.6. The maximum absolute atomic E-state index is 12.0. The van der Waals surface area contributed by atoms with Gasteiger partial charge in [0.1, 0.15) is 6.33 Å². The molecule has 1 heterocycles. The molecule has 0 radical (unpaired) electrons. The Labute approximate surface area is 133 Å². The summed E-state index contributed by atoms with van der Waals surface area (Å²) in [4.78, 5) is 20.1. The van der Waals surface area contributed by atoms with Crippen molar-refractivity contribution in [2.24, 2.45) is 0 Å². The summed E-state index contributed by atoms with van der Waals surface area (Å²) in [5, 5.41) is 0. The number of hydrogen-bond donors (Lipinski definition) is 2. The van der Waals surface area contributed by atoms with E-state index in [2.05, 4.69) is 20.8 Å². The van der Waals surface area contributed by atoms with Crippen LogP contribution < -0.4 is 16.5 Å². The van der Waals surface area contributed by atoms with Crippen molar-refractivity contribution in [3.8, 4) is 0 Å². The molecule has 0 unspecified atom stereocenters. The maximum atomic E-state index is 12.0. The molecule has 0 spiro atoms. The van der Waals surface area contributed by atoms with Gasteiger partial charge in [0, 0.05) is 6.54 Å². The van der Waals surface area contributed by atoms with Gasteiger partial charge in [-0.15, -0.1) is 0 Å². The highest BCUT2D eigenvalue weighted by molar-refractivity contribution is 5.21. The lowest BCUT2D eigenvalue weighted by Gasteiger charge is -2.08. The van der Waals surface area contributed by atoms with Crippen molar-refractivity contribution in [2.45, 2.75) is 13.1 Å². The molecule has 0 aliphatic carbocycles. The second-order valence-electron chi connectivity index (χ2n) is 5.04. The molecule has 3 aromatic rings. The summed E-state index contributed by atoms with van der Waals surface area (Å²) >= 11 is 0. The summed E-state index contributed by atoms with van der Waals surface area (Å²) in [6.45, 7) is 1.06. The number of aromatic nitrogens is 3. The van der Waals surface area contributed by atoms with E-state index in [4.69, 9.17) is 0 Å². The maximum Gasteiger partial charge on any atom is 0.352 e. The minimum absolute atomic E-state index is 0.259. The van der Waals surface area contributed by atoms with E-state index in [1.807, 2.05) is 60.7 Å². The van der Waals surface area contributed by atoms with Gasteiger partial charge in [0.15, 0.2) is 0 Å². The normalized spacial score (nSPS) is 10.4. The van der Waals surface area contributed by atoms with E-state index in [0.29, 0.717) is 13.1 Å². The topological polar surface area (TPSA) is 71.8 Å². The van der Waals surface area contributed by atoms with Gasteiger partial charge in [0.05, 0.1) is 6.54 Å². The number of anilines is 1. The Kier molecular flexibility index (Phi) is 4.76. The lowest BCUT2D eigenvalue weighted by atomic mass is 10.2. The number of hydrazine groups is 1. The van der Waals surface area contributed by atoms with Crippen LogP contribution in [0.3, 0.4) is 0 Å². The zero-order valence-electron chi connectivity index (χ0n) is 12.5. The number of rotatable bonds is 6. The largest absolute Gasteiger partial charge is 0.352 e. The second kappa shape index (κ2) is 7.33. The van der Waals surface area contributed by atoms with Gasteiger partial charge in [-0.1, -0.05) is 60.7 Å². The molecule has 0 bridgehead atoms. The van der Waals surface area contributed by atoms with Gasteiger partial charge in [-0.3, -0.25) is 9.99 Å². The summed E-state index contributed by atoms with van der Waals surface area (Å²) in [6.07, 6.45) is 1.49. The van der Waals surface area contributed by atoms with E-state index in [1.54, 1.807) is 0 Å². The van der Waals surface area contributed by atoms with Crippen LogP contribution in [0.2, 0.25) is 0 Å². The van der Waals surface area contributed by atoms with E-state index in [9.17, 15) is 4.79 Å². The molecule has 0 amide bonds. The summed E-state index contributed by atoms with van der Waals surface area (Å²) in [5.74, 6) is 0.259. The van der Waals surface area contributed by atoms with Crippen LogP contribution in [0, 0.1) is 0 Å². The number of nitrogens with zero attached hydrogens (tertiary/aromatic N) is 3. The second-order valence-corrected chi connectivity index (χ2v) is 5.04. The SMILES string of the molecule is O=c1nc(NNCc2ccccc2)ncn1Cc1ccccc1. The van der Waals surface area contributed by atoms with Crippen LogP contribution in [-0.4, -0.2) is 14.5 Å². The Balaban J connectivity index is 1.60. The number of benzene rings is 2. The predicted molar refractivity (Wildman–Crippen MR) is 88.7 cm³/mol. The smallest absolute Gasteiger partial charge is 0.289 e. The highest BCUT2D eigenvalue weighted by Crippen LogP contribution is 2.00. The van der Waals surface area contributed by atoms with Crippen molar-refractivity contribution in [3.05, 3.63) is 88.6 Å². The van der Waals surface area contributed by atoms with Gasteiger partial charge in [-0.2, -0.15) is 4.98 Å². The third-order valence-electron chi connectivity index (χ3n) is 3.30. The van der Waals surface area contributed by atoms with Gasteiger partial charge in [0.2, 0.25) is 5.95 Å². The molecule has 0 aliphatic heterocycles. The van der Waals surface area contributed by atoms with Crippen LogP contribution >= 0.6 is 0 Å². The molecule has 23 heavy (non-hydrogen) atoms. The fourth-order valence-corrected chi connectivity index (χ4v) is 2.13. The lowest BCUT2D eigenvalue weighted by molar-refractivity contribution is 0.691. The molecular formula is C17H17N5O. The fraction of sp³-hybridized carbons (Fsp3) is 0.118. The van der Waals surface area contributed by atoms with Gasteiger partial charge in [0.25, 0.3) is 0 Å². The van der Waals surface area contributed by atoms with Crippen molar-refractivity contribution >= 4 is 5.95 Å². The van der Waals surface area contributed by atoms with E-state index in [-0.39, 0.29) is 11.6 Å². The Morgan fingerprint density at radius 2 is 1.57 bits per heavy atom. The molecule has 6 nitrogen and oxygen atoms in total. The van der Waals surface area contributed by atoms with E-state index in [1.165, 1.54) is 10.9 Å². The molecule has 0 atom stereocenters. The Morgan fingerprint density at radius 3 is 2.22 bits per heavy atom. The zero-order chi connectivity index (χ0) is 15.9. The molecule has 2 N–H and O–H groups in total. The molecule has 2 aromatic carbocycles. The van der Waals surface area contributed by atoms with Crippen LogP contribution in [0.1, 0.15) is 11.1 Å². The lowest BCUT2D eigenvalue weighted by Crippen LogP contribution is -2.29. The van der Waals surface area contributed by atoms with Gasteiger partial charge >= 0.3 is 5.69 Å². The molecule has 0 fully saturated rings. The fourth-order valence-electron chi connectivity index (χ4n) is 2.13. The van der Waals surface area contributed by atoms with Crippen molar-refractivity contribution in [1.82, 2.24) is 20.0 Å². The van der Waals surface area contributed by atoms with Crippen molar-refractivity contribution in [2.75, 3.05) is 5.43 Å². The standard InChI is InChI=1S/C17H17N5O/c23-17-20-16(21-19-11-14-7-3-1-4-8-14)18-13-22(17)12-15-9-5-2-6-10-15/h1-10,13,19H,11-12H2,(H,20,21,23). The Bertz CT molecular complexity index is 802. The van der Waals surface area contributed by atoms with Crippen LogP contribution in [0.25, 0.3) is 0 Å². The third-order valence-corrected chi connectivity index (χ3v) is 3.30. The van der Waals surface area contributed by atoms with Gasteiger partial charge < -0.3 is 0 Å². The van der Waals surface area contributed by atoms with E-state index >= 15 is 0 Å². The van der Waals surface area contributed by atoms with Crippen LogP contribution in [-0.2, 0) is 13.1 Å². The predicted octanol–water partition coefficient (Wildman–Crippen LogP) is 1.80. The summed E-state index contributed by atoms with van der Waals surface area (Å²) in [5.41, 5.74) is 7.64. The third kappa shape index (κ3) is 4.24. The summed E-state index contributed by atoms with van der Waals surface area (Å²) in [7, 11) is 0. The zero-order valence-corrected chi connectivity index (χ0v) is 12.5. The van der Waals surface area contributed by atoms with E-state index in [0.717, 1.165) is 11.1 Å². The average Bonchev–Trinajstić information content (AvgIpc) is 2.59. The molecule has 0 saturated carbocycles. The minimum Gasteiger partial charge on any atom is -0.289 e. The van der Waals surface area contributed by atoms with Crippen molar-refractivity contribution in [3.63, 3.8) is 0 Å². The average molecular weight is 307 g/mol. The highest BCUT2D eigenvalue weighted by Gasteiger charge is 2.02. The van der Waals surface area contributed by atoms with Gasteiger partial charge in [-0.05, 0) is 11.1 Å². The van der Waals surface area contributed by atoms with Gasteiger partial charge in [-0.25, -0.2) is 15.2 Å². The van der Waals surface area contributed by atoms with Crippen LogP contribution in [0.4, 0.5) is 5.95 Å². The first-order valence-corrected chi connectivity index (χ1v) is 7.31. The summed E-state index contributed by atoms with van der Waals surface area (Å²) < 4.78 is 1.47. The monoisotopic (exact) mass is 307 g/mol. The van der Waals surface area contributed by atoms with E-state index < -0.39 is 0 Å². The molecule has 1 aromatic heterocycles. The molecule has 0 aliphatic rings. The first kappa shape index (κ1) is 14.9. The molecular weight excluding hydrogens is 290 g/mol. The Morgan fingerprint density at radius 1 is 0.913 bits per heavy atom.